The molecule has 184 valence electrons. The third-order valence-corrected chi connectivity index (χ3v) is 5.59. The van der Waals surface area contributed by atoms with Gasteiger partial charge in [0.1, 0.15) is 29.8 Å². The van der Waals surface area contributed by atoms with Crippen LogP contribution < -0.4 is 4.74 Å². The van der Waals surface area contributed by atoms with Gasteiger partial charge in [-0.05, 0) is 24.3 Å². The van der Waals surface area contributed by atoms with Crippen LogP contribution in [0.1, 0.15) is 35.3 Å². The molecule has 1 aliphatic rings. The van der Waals surface area contributed by atoms with Crippen LogP contribution in [0.5, 0.6) is 5.75 Å². The standard InChI is InChI=1S/C27H20F3NO5/c28-19-11-17(26-18(12-19)15-34-27(36-26)16-5-2-1-3-6-16)14-33-24(32)10-9-23-31-13-22(35-23)25-20(29)7-4-8-21(25)30/h1-8,11-13,27H,9-10,14-15H2/t27-/m1/s1. The zero-order valence-corrected chi connectivity index (χ0v) is 18.9. The Morgan fingerprint density at radius 1 is 1.03 bits per heavy atom. The highest BCUT2D eigenvalue weighted by Crippen LogP contribution is 2.37. The average molecular weight is 495 g/mol. The lowest BCUT2D eigenvalue weighted by atomic mass is 10.1. The minimum Gasteiger partial charge on any atom is -0.461 e. The Kier molecular flexibility index (Phi) is 6.73. The number of ether oxygens (including phenoxy) is 3. The molecule has 1 aliphatic heterocycles. The van der Waals surface area contributed by atoms with Gasteiger partial charge in [-0.3, -0.25) is 4.79 Å². The average Bonchev–Trinajstić information content (AvgIpc) is 3.34. The number of aryl methyl sites for hydroxylation is 1. The maximum absolute atomic E-state index is 14.1. The number of hydrogen-bond donors (Lipinski definition) is 0. The number of aromatic nitrogens is 1. The summed E-state index contributed by atoms with van der Waals surface area (Å²) in [5.74, 6) is -2.19. The molecule has 1 aromatic heterocycles. The molecular weight excluding hydrogens is 475 g/mol. The van der Waals surface area contributed by atoms with Gasteiger partial charge < -0.3 is 18.6 Å². The lowest BCUT2D eigenvalue weighted by Gasteiger charge is -2.28. The summed E-state index contributed by atoms with van der Waals surface area (Å²) in [6.45, 7) is -0.0690. The van der Waals surface area contributed by atoms with E-state index in [4.69, 9.17) is 18.6 Å². The number of rotatable bonds is 7. The van der Waals surface area contributed by atoms with E-state index < -0.39 is 29.7 Å². The SMILES string of the molecule is O=C(CCc1ncc(-c2c(F)cccc2F)o1)OCc1cc(F)cc2c1O[C@H](c1ccccc1)OC2. The van der Waals surface area contributed by atoms with Gasteiger partial charge >= 0.3 is 5.97 Å². The molecule has 6 nitrogen and oxygen atoms in total. The number of nitrogens with zero attached hydrogens (tertiary/aromatic N) is 1. The molecule has 2 heterocycles. The van der Waals surface area contributed by atoms with Crippen LogP contribution in [0.2, 0.25) is 0 Å². The molecule has 9 heteroatoms. The minimum atomic E-state index is -0.780. The van der Waals surface area contributed by atoms with Crippen molar-refractivity contribution in [3.63, 3.8) is 0 Å². The Morgan fingerprint density at radius 2 is 1.81 bits per heavy atom. The molecule has 0 saturated heterocycles. The van der Waals surface area contributed by atoms with E-state index in [0.717, 1.165) is 17.7 Å². The maximum Gasteiger partial charge on any atom is 0.306 e. The van der Waals surface area contributed by atoms with E-state index >= 15 is 0 Å². The van der Waals surface area contributed by atoms with Gasteiger partial charge in [0.15, 0.2) is 11.7 Å². The molecule has 0 bridgehead atoms. The van der Waals surface area contributed by atoms with Crippen molar-refractivity contribution in [2.75, 3.05) is 0 Å². The Balaban J connectivity index is 1.21. The molecule has 0 saturated carbocycles. The summed E-state index contributed by atoms with van der Waals surface area (Å²) >= 11 is 0. The van der Waals surface area contributed by atoms with Gasteiger partial charge in [-0.2, -0.15) is 0 Å². The lowest BCUT2D eigenvalue weighted by molar-refractivity contribution is -0.145. The second-order valence-electron chi connectivity index (χ2n) is 8.10. The van der Waals surface area contributed by atoms with E-state index in [0.29, 0.717) is 16.9 Å². The molecule has 0 amide bonds. The first kappa shape index (κ1) is 23.6. The van der Waals surface area contributed by atoms with Crippen molar-refractivity contribution >= 4 is 5.97 Å². The molecule has 0 fully saturated rings. The lowest BCUT2D eigenvalue weighted by Crippen LogP contribution is -2.20. The Labute approximate surface area is 204 Å². The number of fused-ring (bicyclic) bond motifs is 1. The molecule has 4 aromatic rings. The molecule has 0 N–H and O–H groups in total. The van der Waals surface area contributed by atoms with Crippen LogP contribution in [0, 0.1) is 17.5 Å². The number of halogens is 3. The van der Waals surface area contributed by atoms with Crippen LogP contribution in [0.25, 0.3) is 11.3 Å². The third kappa shape index (κ3) is 5.11. The molecule has 1 atom stereocenters. The van der Waals surface area contributed by atoms with Gasteiger partial charge in [0.25, 0.3) is 0 Å². The molecule has 5 rings (SSSR count). The second kappa shape index (κ2) is 10.2. The smallest absolute Gasteiger partial charge is 0.306 e. The summed E-state index contributed by atoms with van der Waals surface area (Å²) < 4.78 is 64.4. The van der Waals surface area contributed by atoms with E-state index in [1.54, 1.807) is 0 Å². The van der Waals surface area contributed by atoms with Gasteiger partial charge in [0.05, 0.1) is 24.8 Å². The fourth-order valence-corrected chi connectivity index (χ4v) is 3.87. The highest BCUT2D eigenvalue weighted by Gasteiger charge is 2.26. The van der Waals surface area contributed by atoms with Crippen molar-refractivity contribution in [2.45, 2.75) is 32.3 Å². The van der Waals surface area contributed by atoms with E-state index in [9.17, 15) is 18.0 Å². The fourth-order valence-electron chi connectivity index (χ4n) is 3.87. The van der Waals surface area contributed by atoms with E-state index in [-0.39, 0.29) is 43.3 Å². The van der Waals surface area contributed by atoms with E-state index in [2.05, 4.69) is 4.98 Å². The summed E-state index contributed by atoms with van der Waals surface area (Å²) in [4.78, 5) is 16.3. The zero-order valence-electron chi connectivity index (χ0n) is 18.9. The van der Waals surface area contributed by atoms with Gasteiger partial charge in [0.2, 0.25) is 6.29 Å². The normalized spacial score (nSPS) is 14.7. The second-order valence-corrected chi connectivity index (χ2v) is 8.10. The largest absolute Gasteiger partial charge is 0.461 e. The Morgan fingerprint density at radius 3 is 2.58 bits per heavy atom. The summed E-state index contributed by atoms with van der Waals surface area (Å²) in [7, 11) is 0. The number of oxazole rings is 1. The summed E-state index contributed by atoms with van der Waals surface area (Å²) in [6, 6.07) is 15.3. The molecule has 0 unspecified atom stereocenters. The first-order chi connectivity index (χ1) is 17.5. The molecule has 0 radical (unpaired) electrons. The predicted octanol–water partition coefficient (Wildman–Crippen LogP) is 6.04. The number of benzene rings is 3. The molecule has 3 aromatic carbocycles. The fraction of sp³-hybridized carbons (Fsp3) is 0.185. The quantitative estimate of drug-likeness (QED) is 0.291. The Hall–Kier alpha value is -4.11. The summed E-state index contributed by atoms with van der Waals surface area (Å²) in [5.41, 5.74) is 1.36. The van der Waals surface area contributed by atoms with Crippen LogP contribution in [0.15, 0.2) is 71.3 Å². The number of carbonyl (C=O) groups excluding carboxylic acids is 1. The highest BCUT2D eigenvalue weighted by molar-refractivity contribution is 5.69. The minimum absolute atomic E-state index is 0.0522. The van der Waals surface area contributed by atoms with E-state index in [1.807, 2.05) is 30.3 Å². The highest BCUT2D eigenvalue weighted by atomic mass is 19.1. The first-order valence-electron chi connectivity index (χ1n) is 11.2. The van der Waals surface area contributed by atoms with Gasteiger partial charge in [0, 0.05) is 23.1 Å². The Bertz CT molecular complexity index is 1370. The predicted molar refractivity (Wildman–Crippen MR) is 121 cm³/mol. The van der Waals surface area contributed by atoms with Crippen molar-refractivity contribution < 1.29 is 36.6 Å². The van der Waals surface area contributed by atoms with Crippen LogP contribution in [-0.2, 0) is 33.9 Å². The van der Waals surface area contributed by atoms with Crippen LogP contribution in [-0.4, -0.2) is 11.0 Å². The maximum atomic E-state index is 14.1. The topological polar surface area (TPSA) is 70.8 Å². The third-order valence-electron chi connectivity index (χ3n) is 5.59. The number of carbonyl (C=O) groups is 1. The summed E-state index contributed by atoms with van der Waals surface area (Å²) in [5, 5.41) is 0. The molecular formula is C27H20F3NO5. The molecule has 0 aliphatic carbocycles. The number of esters is 1. The molecule has 36 heavy (non-hydrogen) atoms. The van der Waals surface area contributed by atoms with Crippen LogP contribution in [0.3, 0.4) is 0 Å². The molecule has 0 spiro atoms. The van der Waals surface area contributed by atoms with Gasteiger partial charge in [-0.1, -0.05) is 36.4 Å². The van der Waals surface area contributed by atoms with Crippen molar-refractivity contribution in [1.82, 2.24) is 4.98 Å². The van der Waals surface area contributed by atoms with Crippen LogP contribution in [0.4, 0.5) is 13.2 Å². The van der Waals surface area contributed by atoms with Gasteiger partial charge in [-0.15, -0.1) is 0 Å². The van der Waals surface area contributed by atoms with Crippen molar-refractivity contribution in [2.24, 2.45) is 0 Å². The first-order valence-corrected chi connectivity index (χ1v) is 11.2. The van der Waals surface area contributed by atoms with Crippen molar-refractivity contribution in [1.29, 1.82) is 0 Å². The zero-order chi connectivity index (χ0) is 25.1. The van der Waals surface area contributed by atoms with E-state index in [1.165, 1.54) is 24.4 Å². The summed E-state index contributed by atoms with van der Waals surface area (Å²) in [6.07, 6.45) is 0.478. The van der Waals surface area contributed by atoms with Crippen molar-refractivity contribution in [3.05, 3.63) is 107 Å². The van der Waals surface area contributed by atoms with Crippen molar-refractivity contribution in [3.8, 4) is 17.1 Å². The monoisotopic (exact) mass is 495 g/mol. The van der Waals surface area contributed by atoms with Gasteiger partial charge in [-0.25, -0.2) is 18.2 Å². The van der Waals surface area contributed by atoms with Crippen LogP contribution >= 0.6 is 0 Å². The number of hydrogen-bond acceptors (Lipinski definition) is 6.